The first-order chi connectivity index (χ1) is 24.7. The van der Waals surface area contributed by atoms with Gasteiger partial charge in [-0.25, -0.2) is 27.0 Å². The molecular formula is C37H38FN5O8S. The van der Waals surface area contributed by atoms with E-state index in [-0.39, 0.29) is 46.2 Å². The van der Waals surface area contributed by atoms with Gasteiger partial charge < -0.3 is 19.9 Å². The third-order valence-corrected chi connectivity index (χ3v) is 9.53. The van der Waals surface area contributed by atoms with Crippen LogP contribution in [0.3, 0.4) is 0 Å². The number of nitrogens with zero attached hydrogens (tertiary/aromatic N) is 4. The SMILES string of the molecule is COc1cc(S(C)(=O)=O)ccc1N(C(=O)OCOC(=O)[C@@H](N)C(C)C)c1nc2ccc(-c3ccc(CC(=O)[C@H](C)c4ccc(F)cc4)cc3)cn2n1. The van der Waals surface area contributed by atoms with Gasteiger partial charge in [-0.3, -0.25) is 9.59 Å². The molecule has 0 saturated heterocycles. The molecule has 13 nitrogen and oxygen atoms in total. The lowest BCUT2D eigenvalue weighted by atomic mass is 9.92. The number of hydrogen-bond acceptors (Lipinski definition) is 11. The average molecular weight is 732 g/mol. The van der Waals surface area contributed by atoms with E-state index in [1.54, 1.807) is 45.2 Å². The number of carbonyl (C=O) groups is 3. The van der Waals surface area contributed by atoms with Gasteiger partial charge in [-0.05, 0) is 59.0 Å². The van der Waals surface area contributed by atoms with Crippen molar-refractivity contribution in [2.75, 3.05) is 25.1 Å². The van der Waals surface area contributed by atoms with E-state index in [1.807, 2.05) is 30.3 Å². The molecule has 0 fully saturated rings. The summed E-state index contributed by atoms with van der Waals surface area (Å²) < 4.78 is 55.0. The topological polar surface area (TPSA) is 172 Å². The van der Waals surface area contributed by atoms with Crippen molar-refractivity contribution in [2.24, 2.45) is 11.7 Å². The summed E-state index contributed by atoms with van der Waals surface area (Å²) >= 11 is 0. The van der Waals surface area contributed by atoms with Gasteiger partial charge in [-0.1, -0.05) is 57.2 Å². The molecule has 52 heavy (non-hydrogen) atoms. The predicted molar refractivity (Wildman–Crippen MR) is 190 cm³/mol. The maximum absolute atomic E-state index is 13.6. The number of aromatic nitrogens is 3. The molecule has 0 aliphatic rings. The molecule has 0 bridgehead atoms. The summed E-state index contributed by atoms with van der Waals surface area (Å²) in [5.74, 6) is -1.87. The zero-order valence-corrected chi connectivity index (χ0v) is 30.0. The molecule has 5 aromatic rings. The summed E-state index contributed by atoms with van der Waals surface area (Å²) in [6.07, 6.45) is 1.89. The number of nitrogens with two attached hydrogens (primary N) is 1. The van der Waals surface area contributed by atoms with Crippen LogP contribution in [0.5, 0.6) is 5.75 Å². The van der Waals surface area contributed by atoms with E-state index in [0.29, 0.717) is 5.65 Å². The van der Waals surface area contributed by atoms with Gasteiger partial charge >= 0.3 is 12.1 Å². The molecule has 0 spiro atoms. The molecule has 0 aliphatic carbocycles. The zero-order chi connectivity index (χ0) is 37.7. The van der Waals surface area contributed by atoms with Crippen LogP contribution in [0.2, 0.25) is 0 Å². The number of ketones is 1. The number of anilines is 2. The van der Waals surface area contributed by atoms with Gasteiger partial charge in [0.25, 0.3) is 5.95 Å². The Kier molecular flexibility index (Phi) is 11.3. The number of halogens is 1. The standard InChI is InChI=1S/C37H38FN5O8S/c1-22(2)34(39)35(45)50-21-51-37(46)43(30-16-15-29(52(5,47)48)19-32(30)49-4)36-40-33-17-12-27(20-42(33)41-36)26-8-6-24(7-9-26)18-31(44)23(3)25-10-13-28(38)14-11-25/h6-17,19-20,22-23,34H,18,21,39H2,1-5H3/t23-,34+/m1/s1. The van der Waals surface area contributed by atoms with E-state index in [2.05, 4.69) is 10.1 Å². The number of fused-ring (bicyclic) bond motifs is 1. The largest absolute Gasteiger partial charge is 0.495 e. The fraction of sp³-hybridized carbons (Fsp3) is 0.270. The van der Waals surface area contributed by atoms with Crippen LogP contribution in [0.15, 0.2) is 90.0 Å². The first-order valence-corrected chi connectivity index (χ1v) is 18.1. The second kappa shape index (κ2) is 15.7. The second-order valence-corrected chi connectivity index (χ2v) is 14.5. The molecule has 2 N–H and O–H groups in total. The number of benzene rings is 3. The Bertz CT molecular complexity index is 2210. The Morgan fingerprint density at radius 1 is 0.923 bits per heavy atom. The van der Waals surface area contributed by atoms with Crippen molar-refractivity contribution < 1.29 is 41.4 Å². The molecule has 1 amide bonds. The summed E-state index contributed by atoms with van der Waals surface area (Å²) in [5, 5.41) is 4.51. The van der Waals surface area contributed by atoms with Gasteiger partial charge in [0, 0.05) is 36.4 Å². The van der Waals surface area contributed by atoms with Crippen molar-refractivity contribution in [3.05, 3.63) is 102 Å². The summed E-state index contributed by atoms with van der Waals surface area (Å²) in [6.45, 7) is 4.52. The molecule has 0 radical (unpaired) electrons. The molecule has 3 aromatic carbocycles. The predicted octanol–water partition coefficient (Wildman–Crippen LogP) is 5.62. The van der Waals surface area contributed by atoms with Crippen LogP contribution < -0.4 is 15.4 Å². The number of sulfone groups is 1. The number of hydrogen-bond donors (Lipinski definition) is 1. The number of rotatable bonds is 13. The Morgan fingerprint density at radius 3 is 2.23 bits per heavy atom. The van der Waals surface area contributed by atoms with Crippen molar-refractivity contribution in [3.63, 3.8) is 0 Å². The fourth-order valence-electron chi connectivity index (χ4n) is 5.18. The minimum absolute atomic E-state index is 0.00103. The molecule has 2 atom stereocenters. The van der Waals surface area contributed by atoms with E-state index in [0.717, 1.165) is 33.4 Å². The Hall–Kier alpha value is -5.67. The third-order valence-electron chi connectivity index (χ3n) is 8.42. The molecule has 5 rings (SSSR count). The maximum Gasteiger partial charge on any atom is 0.424 e. The molecule has 2 heterocycles. The molecule has 0 unspecified atom stereocenters. The van der Waals surface area contributed by atoms with Crippen molar-refractivity contribution in [2.45, 2.75) is 44.0 Å². The molecule has 272 valence electrons. The Balaban J connectivity index is 1.41. The van der Waals surface area contributed by atoms with E-state index in [4.69, 9.17) is 19.9 Å². The van der Waals surface area contributed by atoms with Gasteiger partial charge in [-0.15, -0.1) is 5.10 Å². The van der Waals surface area contributed by atoms with Crippen LogP contribution >= 0.6 is 0 Å². The first-order valence-electron chi connectivity index (χ1n) is 16.2. The van der Waals surface area contributed by atoms with Crippen LogP contribution in [0.1, 0.15) is 37.8 Å². The lowest BCUT2D eigenvalue weighted by Gasteiger charge is -2.21. The molecule has 2 aromatic heterocycles. The molecule has 15 heteroatoms. The Labute approximate surface area is 300 Å². The van der Waals surface area contributed by atoms with Crippen LogP contribution in [0.4, 0.5) is 20.8 Å². The quantitative estimate of drug-likeness (QED) is 0.118. The normalized spacial score (nSPS) is 12.7. The minimum atomic E-state index is -3.63. The summed E-state index contributed by atoms with van der Waals surface area (Å²) in [7, 11) is -2.32. The second-order valence-electron chi connectivity index (χ2n) is 12.4. The highest BCUT2D eigenvalue weighted by atomic mass is 32.2. The average Bonchev–Trinajstić information content (AvgIpc) is 3.54. The van der Waals surface area contributed by atoms with Crippen LogP contribution in [-0.2, 0) is 35.3 Å². The van der Waals surface area contributed by atoms with Crippen LogP contribution in [-0.4, -0.2) is 67.1 Å². The van der Waals surface area contributed by atoms with Crippen molar-refractivity contribution in [1.29, 1.82) is 0 Å². The molecular weight excluding hydrogens is 693 g/mol. The molecule has 0 aliphatic heterocycles. The summed E-state index contributed by atoms with van der Waals surface area (Å²) in [4.78, 5) is 44.2. The summed E-state index contributed by atoms with van der Waals surface area (Å²) in [6, 6.07) is 19.8. The van der Waals surface area contributed by atoms with Gasteiger partial charge in [0.05, 0.1) is 17.7 Å². The zero-order valence-electron chi connectivity index (χ0n) is 29.1. The minimum Gasteiger partial charge on any atom is -0.495 e. The number of methoxy groups -OCH3 is 1. The van der Waals surface area contributed by atoms with Gasteiger partial charge in [0.1, 0.15) is 23.4 Å². The highest BCUT2D eigenvalue weighted by Crippen LogP contribution is 2.35. The number of carbonyl (C=O) groups excluding carboxylic acids is 3. The van der Waals surface area contributed by atoms with Crippen LogP contribution in [0.25, 0.3) is 16.8 Å². The highest BCUT2D eigenvalue weighted by Gasteiger charge is 2.29. The number of amides is 1. The van der Waals surface area contributed by atoms with E-state index in [9.17, 15) is 27.2 Å². The lowest BCUT2D eigenvalue weighted by molar-refractivity contribution is -0.154. The van der Waals surface area contributed by atoms with Gasteiger partial charge in [0.15, 0.2) is 15.5 Å². The van der Waals surface area contributed by atoms with Crippen LogP contribution in [0, 0.1) is 11.7 Å². The smallest absolute Gasteiger partial charge is 0.424 e. The van der Waals surface area contributed by atoms with Crippen molar-refractivity contribution in [1.82, 2.24) is 14.6 Å². The van der Waals surface area contributed by atoms with Crippen molar-refractivity contribution in [3.8, 4) is 16.9 Å². The van der Waals surface area contributed by atoms with E-state index >= 15 is 0 Å². The fourth-order valence-corrected chi connectivity index (χ4v) is 5.81. The van der Waals surface area contributed by atoms with Gasteiger partial charge in [0.2, 0.25) is 6.79 Å². The van der Waals surface area contributed by atoms with E-state index in [1.165, 1.54) is 42.0 Å². The third kappa shape index (κ3) is 8.61. The lowest BCUT2D eigenvalue weighted by Crippen LogP contribution is -2.38. The monoisotopic (exact) mass is 731 g/mol. The van der Waals surface area contributed by atoms with E-state index < -0.39 is 40.7 Å². The van der Waals surface area contributed by atoms with Gasteiger partial charge in [-0.2, -0.15) is 4.98 Å². The summed E-state index contributed by atoms with van der Waals surface area (Å²) in [5.41, 5.74) is 9.36. The number of pyridine rings is 1. The number of Topliss-reactive ketones (excluding diaryl/α,β-unsaturated/α-hetero) is 1. The number of esters is 1. The Morgan fingerprint density at radius 2 is 1.60 bits per heavy atom. The highest BCUT2D eigenvalue weighted by molar-refractivity contribution is 7.90. The van der Waals surface area contributed by atoms with Crippen molar-refractivity contribution >= 4 is 45.0 Å². The number of ether oxygens (including phenoxy) is 3. The first kappa shape index (κ1) is 37.6. The maximum atomic E-state index is 13.6. The molecule has 0 saturated carbocycles.